The largest absolute Gasteiger partial charge is 0.489 e. The van der Waals surface area contributed by atoms with Crippen molar-refractivity contribution in [3.8, 4) is 22.7 Å². The van der Waals surface area contributed by atoms with Crippen molar-refractivity contribution in [2.24, 2.45) is 0 Å². The van der Waals surface area contributed by atoms with Gasteiger partial charge in [-0.2, -0.15) is 5.10 Å². The van der Waals surface area contributed by atoms with E-state index in [1.165, 1.54) is 11.8 Å². The number of benzene rings is 3. The summed E-state index contributed by atoms with van der Waals surface area (Å²) in [6, 6.07) is 27.9. The number of amides is 1. The summed E-state index contributed by atoms with van der Waals surface area (Å²) in [4.78, 5) is 15.4. The number of carbonyl (C=O) groups excluding carboxylic acids is 1. The number of carbonyl (C=O) groups is 1. The Morgan fingerprint density at radius 2 is 1.76 bits per heavy atom. The predicted octanol–water partition coefficient (Wildman–Crippen LogP) is 7.12. The van der Waals surface area contributed by atoms with Gasteiger partial charge in [0.25, 0.3) is 5.91 Å². The lowest BCUT2D eigenvalue weighted by Crippen LogP contribution is -2.28. The molecular formula is C30H27N3O2S2. The number of hydrogen-bond donors (Lipinski definition) is 0. The molecule has 1 aliphatic rings. The molecule has 2 heterocycles. The summed E-state index contributed by atoms with van der Waals surface area (Å²) in [7, 11) is 0. The number of rotatable bonds is 9. The molecule has 0 aliphatic carbocycles. The fourth-order valence-electron chi connectivity index (χ4n) is 4.05. The first-order chi connectivity index (χ1) is 18.1. The van der Waals surface area contributed by atoms with Gasteiger partial charge in [-0.1, -0.05) is 98.0 Å². The zero-order valence-electron chi connectivity index (χ0n) is 20.5. The number of para-hydroxylation sites is 1. The third-order valence-electron chi connectivity index (χ3n) is 6.01. The molecule has 0 saturated carbocycles. The first kappa shape index (κ1) is 25.0. The SMILES string of the molecule is CCCCN1C(=O)/C(=C/c2cn(-c3ccccc3)nc2-c2cccc(OCc3ccccc3)c2)SC1=S. The monoisotopic (exact) mass is 525 g/mol. The molecule has 5 nitrogen and oxygen atoms in total. The van der Waals surface area contributed by atoms with Gasteiger partial charge in [0, 0.05) is 23.9 Å². The number of nitrogens with zero attached hydrogens (tertiary/aromatic N) is 3. The molecule has 1 amide bonds. The van der Waals surface area contributed by atoms with Crippen LogP contribution < -0.4 is 4.74 Å². The molecule has 5 rings (SSSR count). The molecule has 0 atom stereocenters. The van der Waals surface area contributed by atoms with Crippen LogP contribution in [0.4, 0.5) is 0 Å². The van der Waals surface area contributed by atoms with E-state index in [1.54, 1.807) is 4.90 Å². The van der Waals surface area contributed by atoms with Crippen LogP contribution in [0.5, 0.6) is 5.75 Å². The van der Waals surface area contributed by atoms with Crippen molar-refractivity contribution >= 4 is 40.3 Å². The predicted molar refractivity (Wildman–Crippen MR) is 155 cm³/mol. The molecule has 186 valence electrons. The second-order valence-corrected chi connectivity index (χ2v) is 10.4. The van der Waals surface area contributed by atoms with Crippen LogP contribution in [0.25, 0.3) is 23.0 Å². The first-order valence-corrected chi connectivity index (χ1v) is 13.5. The maximum absolute atomic E-state index is 13.1. The molecule has 7 heteroatoms. The Balaban J connectivity index is 1.49. The number of unbranched alkanes of at least 4 members (excludes halogenated alkanes) is 1. The van der Waals surface area contributed by atoms with Crippen LogP contribution in [0.2, 0.25) is 0 Å². The van der Waals surface area contributed by atoms with E-state index < -0.39 is 0 Å². The highest BCUT2D eigenvalue weighted by atomic mass is 32.2. The van der Waals surface area contributed by atoms with Crippen LogP contribution in [-0.4, -0.2) is 31.5 Å². The van der Waals surface area contributed by atoms with E-state index >= 15 is 0 Å². The summed E-state index contributed by atoms with van der Waals surface area (Å²) >= 11 is 6.86. The van der Waals surface area contributed by atoms with Crippen LogP contribution in [0.15, 0.2) is 96.0 Å². The maximum Gasteiger partial charge on any atom is 0.266 e. The molecule has 1 aromatic heterocycles. The molecule has 1 aliphatic heterocycles. The number of thioether (sulfide) groups is 1. The quantitative estimate of drug-likeness (QED) is 0.172. The Morgan fingerprint density at radius 1 is 1.00 bits per heavy atom. The molecule has 37 heavy (non-hydrogen) atoms. The molecule has 0 unspecified atom stereocenters. The van der Waals surface area contributed by atoms with Gasteiger partial charge < -0.3 is 4.74 Å². The van der Waals surface area contributed by atoms with Gasteiger partial charge in [-0.25, -0.2) is 4.68 Å². The van der Waals surface area contributed by atoms with Crippen molar-refractivity contribution in [3.05, 3.63) is 107 Å². The average molecular weight is 526 g/mol. The minimum atomic E-state index is -0.0400. The third kappa shape index (κ3) is 5.84. The highest BCUT2D eigenvalue weighted by Gasteiger charge is 2.31. The Hall–Kier alpha value is -3.68. The Kier molecular flexibility index (Phi) is 7.82. The topological polar surface area (TPSA) is 47.4 Å². The fraction of sp³-hybridized carbons (Fsp3) is 0.167. The zero-order chi connectivity index (χ0) is 25.6. The number of thiocarbonyl (C=S) groups is 1. The zero-order valence-corrected chi connectivity index (χ0v) is 22.2. The van der Waals surface area contributed by atoms with Gasteiger partial charge in [-0.15, -0.1) is 0 Å². The Labute approximate surface area is 226 Å². The van der Waals surface area contributed by atoms with Crippen molar-refractivity contribution < 1.29 is 9.53 Å². The lowest BCUT2D eigenvalue weighted by atomic mass is 10.1. The molecule has 0 spiro atoms. The van der Waals surface area contributed by atoms with E-state index in [4.69, 9.17) is 22.1 Å². The fourth-order valence-corrected chi connectivity index (χ4v) is 5.35. The molecule has 1 fully saturated rings. The van der Waals surface area contributed by atoms with Crippen molar-refractivity contribution in [3.63, 3.8) is 0 Å². The molecule has 0 N–H and O–H groups in total. The van der Waals surface area contributed by atoms with Crippen LogP contribution in [-0.2, 0) is 11.4 Å². The maximum atomic E-state index is 13.1. The van der Waals surface area contributed by atoms with E-state index in [0.29, 0.717) is 22.4 Å². The molecular weight excluding hydrogens is 498 g/mol. The van der Waals surface area contributed by atoms with E-state index in [2.05, 4.69) is 6.92 Å². The average Bonchev–Trinajstić information content (AvgIpc) is 3.48. The minimum Gasteiger partial charge on any atom is -0.489 e. The summed E-state index contributed by atoms with van der Waals surface area (Å²) in [6.07, 6.45) is 5.80. The minimum absolute atomic E-state index is 0.0400. The van der Waals surface area contributed by atoms with Gasteiger partial charge in [0.1, 0.15) is 22.4 Å². The molecule has 0 bridgehead atoms. The summed E-state index contributed by atoms with van der Waals surface area (Å²) in [5.74, 6) is 0.717. The van der Waals surface area contributed by atoms with Gasteiger partial charge in [-0.3, -0.25) is 9.69 Å². The van der Waals surface area contributed by atoms with Gasteiger partial charge in [0.15, 0.2) is 0 Å². The summed E-state index contributed by atoms with van der Waals surface area (Å²) in [6.45, 7) is 3.24. The summed E-state index contributed by atoms with van der Waals surface area (Å²) in [5, 5.41) is 4.91. The number of ether oxygens (including phenoxy) is 1. The van der Waals surface area contributed by atoms with Crippen LogP contribution in [0.1, 0.15) is 30.9 Å². The summed E-state index contributed by atoms with van der Waals surface area (Å²) in [5.41, 5.74) is 4.57. The van der Waals surface area contributed by atoms with E-state index in [0.717, 1.165) is 46.7 Å². The van der Waals surface area contributed by atoms with Crippen molar-refractivity contribution in [1.82, 2.24) is 14.7 Å². The van der Waals surface area contributed by atoms with Crippen LogP contribution in [0.3, 0.4) is 0 Å². The molecule has 1 saturated heterocycles. The van der Waals surface area contributed by atoms with Crippen LogP contribution in [0, 0.1) is 0 Å². The van der Waals surface area contributed by atoms with Gasteiger partial charge >= 0.3 is 0 Å². The lowest BCUT2D eigenvalue weighted by molar-refractivity contribution is -0.122. The van der Waals surface area contributed by atoms with E-state index in [9.17, 15) is 4.79 Å². The second kappa shape index (κ2) is 11.6. The standard InChI is InChI=1S/C30H27N3O2S2/c1-2-3-17-32-29(34)27(37-30(32)36)19-24-20-33(25-14-8-5-9-15-25)31-28(24)23-13-10-16-26(18-23)35-21-22-11-6-4-7-12-22/h4-16,18-20H,2-3,17,21H2,1H3/b27-19-. The molecule has 0 radical (unpaired) electrons. The van der Waals surface area contributed by atoms with Gasteiger partial charge in [0.2, 0.25) is 0 Å². The first-order valence-electron chi connectivity index (χ1n) is 12.3. The van der Waals surface area contributed by atoms with Crippen molar-refractivity contribution in [2.75, 3.05) is 6.54 Å². The molecule has 4 aromatic rings. The smallest absolute Gasteiger partial charge is 0.266 e. The summed E-state index contributed by atoms with van der Waals surface area (Å²) < 4.78 is 8.52. The Bertz CT molecular complexity index is 1430. The highest BCUT2D eigenvalue weighted by molar-refractivity contribution is 8.26. The normalized spacial score (nSPS) is 14.5. The van der Waals surface area contributed by atoms with E-state index in [1.807, 2.05) is 102 Å². The van der Waals surface area contributed by atoms with Gasteiger partial charge in [-0.05, 0) is 42.3 Å². The third-order valence-corrected chi connectivity index (χ3v) is 7.39. The lowest BCUT2D eigenvalue weighted by Gasteiger charge is -2.13. The van der Waals surface area contributed by atoms with E-state index in [-0.39, 0.29) is 5.91 Å². The van der Waals surface area contributed by atoms with Crippen molar-refractivity contribution in [2.45, 2.75) is 26.4 Å². The number of aromatic nitrogens is 2. The Morgan fingerprint density at radius 3 is 2.51 bits per heavy atom. The van der Waals surface area contributed by atoms with Crippen molar-refractivity contribution in [1.29, 1.82) is 0 Å². The van der Waals surface area contributed by atoms with Gasteiger partial charge in [0.05, 0.1) is 10.6 Å². The highest BCUT2D eigenvalue weighted by Crippen LogP contribution is 2.35. The number of hydrogen-bond acceptors (Lipinski definition) is 5. The van der Waals surface area contributed by atoms with Crippen LogP contribution >= 0.6 is 24.0 Å². The molecule has 3 aromatic carbocycles. The second-order valence-electron chi connectivity index (χ2n) is 8.70.